The van der Waals surface area contributed by atoms with E-state index in [-0.39, 0.29) is 36.0 Å². The molecule has 0 aromatic heterocycles. The highest BCUT2D eigenvalue weighted by molar-refractivity contribution is 14.0. The van der Waals surface area contributed by atoms with E-state index in [1.807, 2.05) is 36.1 Å². The first-order valence-corrected chi connectivity index (χ1v) is 10.1. The third kappa shape index (κ3) is 7.91. The average Bonchev–Trinajstić information content (AvgIpc) is 3.13. The molecule has 29 heavy (non-hydrogen) atoms. The fourth-order valence-corrected chi connectivity index (χ4v) is 3.43. The molecule has 2 unspecified atom stereocenters. The Hall–Kier alpha value is -1.71. The molecule has 1 aromatic rings. The first-order chi connectivity index (χ1) is 13.6. The Morgan fingerprint density at radius 2 is 2.00 bits per heavy atom. The lowest BCUT2D eigenvalue weighted by atomic mass is 10.1. The number of methoxy groups -OCH3 is 1. The molecule has 2 N–H and O–H groups in total. The summed E-state index contributed by atoms with van der Waals surface area (Å²) in [6.45, 7) is 6.41. The van der Waals surface area contributed by atoms with E-state index in [2.05, 4.69) is 22.5 Å². The number of nitrogens with one attached hydrogen (secondary N) is 2. The minimum absolute atomic E-state index is 0. The maximum Gasteiger partial charge on any atom is 0.222 e. The Balaban J connectivity index is 0.00000420. The largest absolute Gasteiger partial charge is 0.493 e. The number of guanidine groups is 1. The van der Waals surface area contributed by atoms with Crippen molar-refractivity contribution in [2.24, 2.45) is 4.99 Å². The zero-order valence-electron chi connectivity index (χ0n) is 17.9. The Morgan fingerprint density at radius 1 is 1.28 bits per heavy atom. The van der Waals surface area contributed by atoms with E-state index >= 15 is 0 Å². The van der Waals surface area contributed by atoms with Crippen LogP contribution in [0.25, 0.3) is 0 Å². The van der Waals surface area contributed by atoms with Crippen LogP contribution in [0.3, 0.4) is 0 Å². The first-order valence-electron chi connectivity index (χ1n) is 10.1. The summed E-state index contributed by atoms with van der Waals surface area (Å²) in [7, 11) is 3.39. The van der Waals surface area contributed by atoms with E-state index in [1.54, 1.807) is 14.2 Å². The Kier molecular flexibility index (Phi) is 11.8. The van der Waals surface area contributed by atoms with Gasteiger partial charge in [0.15, 0.2) is 17.5 Å². The number of halogens is 1. The molecule has 164 valence electrons. The summed E-state index contributed by atoms with van der Waals surface area (Å²) < 4.78 is 11.3. The van der Waals surface area contributed by atoms with Crippen LogP contribution in [0.5, 0.6) is 11.5 Å². The molecule has 8 heteroatoms. The van der Waals surface area contributed by atoms with Crippen LogP contribution in [0.1, 0.15) is 39.5 Å². The summed E-state index contributed by atoms with van der Waals surface area (Å²) >= 11 is 0. The second-order valence-electron chi connectivity index (χ2n) is 7.00. The van der Waals surface area contributed by atoms with Gasteiger partial charge in [0.2, 0.25) is 5.91 Å². The highest BCUT2D eigenvalue weighted by Crippen LogP contribution is 2.26. The van der Waals surface area contributed by atoms with Crippen molar-refractivity contribution in [1.29, 1.82) is 0 Å². The average molecular weight is 518 g/mol. The van der Waals surface area contributed by atoms with E-state index in [4.69, 9.17) is 9.47 Å². The number of ether oxygens (including phenoxy) is 2. The van der Waals surface area contributed by atoms with Gasteiger partial charge in [-0.1, -0.05) is 19.1 Å². The molecule has 1 aliphatic rings. The topological polar surface area (TPSA) is 75.2 Å². The lowest BCUT2D eigenvalue weighted by Crippen LogP contribution is -2.44. The van der Waals surface area contributed by atoms with Gasteiger partial charge in [0.1, 0.15) is 6.10 Å². The van der Waals surface area contributed by atoms with Gasteiger partial charge < -0.3 is 25.0 Å². The lowest BCUT2D eigenvalue weighted by molar-refractivity contribution is -0.129. The van der Waals surface area contributed by atoms with E-state index in [1.165, 1.54) is 0 Å². The van der Waals surface area contributed by atoms with Crippen molar-refractivity contribution in [2.75, 3.05) is 33.8 Å². The fourth-order valence-electron chi connectivity index (χ4n) is 3.43. The molecular formula is C21H35IN4O3. The molecule has 1 saturated heterocycles. The number of nitrogens with zero attached hydrogens (tertiary/aromatic N) is 2. The van der Waals surface area contributed by atoms with Gasteiger partial charge in [-0.15, -0.1) is 24.0 Å². The van der Waals surface area contributed by atoms with E-state index in [9.17, 15) is 4.79 Å². The van der Waals surface area contributed by atoms with Gasteiger partial charge in [-0.25, -0.2) is 0 Å². The van der Waals surface area contributed by atoms with Gasteiger partial charge >= 0.3 is 0 Å². The van der Waals surface area contributed by atoms with Crippen LogP contribution in [-0.4, -0.2) is 62.7 Å². The number of likely N-dealkylation sites (tertiary alicyclic amines) is 1. The minimum atomic E-state index is -0.0551. The molecule has 0 bridgehead atoms. The Morgan fingerprint density at radius 3 is 2.59 bits per heavy atom. The van der Waals surface area contributed by atoms with Crippen LogP contribution in [0.4, 0.5) is 0 Å². The van der Waals surface area contributed by atoms with Crippen LogP contribution in [0.15, 0.2) is 29.3 Å². The summed E-state index contributed by atoms with van der Waals surface area (Å²) in [4.78, 5) is 18.2. The van der Waals surface area contributed by atoms with Crippen molar-refractivity contribution in [1.82, 2.24) is 15.5 Å². The van der Waals surface area contributed by atoms with E-state index in [0.717, 1.165) is 49.8 Å². The molecule has 7 nitrogen and oxygen atoms in total. The van der Waals surface area contributed by atoms with Crippen molar-refractivity contribution in [3.05, 3.63) is 24.3 Å². The van der Waals surface area contributed by atoms with E-state index in [0.29, 0.717) is 19.0 Å². The van der Waals surface area contributed by atoms with Gasteiger partial charge in [0, 0.05) is 32.6 Å². The molecule has 0 radical (unpaired) electrons. The number of rotatable bonds is 10. The molecule has 2 atom stereocenters. The van der Waals surface area contributed by atoms with Crippen molar-refractivity contribution in [2.45, 2.75) is 51.7 Å². The molecule has 0 aliphatic carbocycles. The SMILES string of the molecule is CCC(CCNC(=NC)NCC(C)Oc1ccccc1OC)N1CCCC1=O.I. The molecule has 1 amide bonds. The predicted octanol–water partition coefficient (Wildman–Crippen LogP) is 3.04. The number of aliphatic imine (C=N–C) groups is 1. The van der Waals surface area contributed by atoms with Gasteiger partial charge in [0.25, 0.3) is 0 Å². The quantitative estimate of drug-likeness (QED) is 0.283. The second-order valence-corrected chi connectivity index (χ2v) is 7.00. The zero-order chi connectivity index (χ0) is 20.4. The fraction of sp³-hybridized carbons (Fsp3) is 0.619. The summed E-state index contributed by atoms with van der Waals surface area (Å²) in [6.07, 6.45) is 3.51. The normalized spacial score (nSPS) is 16.1. The maximum atomic E-state index is 11.9. The predicted molar refractivity (Wildman–Crippen MR) is 128 cm³/mol. The number of para-hydroxylation sites is 2. The maximum absolute atomic E-state index is 11.9. The van der Waals surface area contributed by atoms with Crippen LogP contribution in [0.2, 0.25) is 0 Å². The molecule has 2 rings (SSSR count). The van der Waals surface area contributed by atoms with Crippen molar-refractivity contribution in [3.8, 4) is 11.5 Å². The van der Waals surface area contributed by atoms with Gasteiger partial charge in [0.05, 0.1) is 13.7 Å². The molecule has 0 saturated carbocycles. The van der Waals surface area contributed by atoms with Crippen LogP contribution >= 0.6 is 24.0 Å². The number of amides is 1. The number of carbonyl (C=O) groups excluding carboxylic acids is 1. The van der Waals surface area contributed by atoms with E-state index < -0.39 is 0 Å². The molecule has 1 aliphatic heterocycles. The summed E-state index contributed by atoms with van der Waals surface area (Å²) in [5.74, 6) is 2.47. The standard InChI is InChI=1S/C21H34N4O3.HI/c1-5-17(25-14-8-11-20(25)26)12-13-23-21(22-3)24-15-16(2)28-19-10-7-6-9-18(19)27-4;/h6-7,9-10,16-17H,5,8,11-15H2,1-4H3,(H2,22,23,24);1H. The molecule has 0 spiro atoms. The first kappa shape index (κ1) is 25.3. The van der Waals surface area contributed by atoms with Crippen molar-refractivity contribution >= 4 is 35.8 Å². The Labute approximate surface area is 191 Å². The third-order valence-corrected chi connectivity index (χ3v) is 4.97. The molecule has 1 aromatic carbocycles. The van der Waals surface area contributed by atoms with Crippen LogP contribution in [-0.2, 0) is 4.79 Å². The minimum Gasteiger partial charge on any atom is -0.493 e. The number of hydrogen-bond donors (Lipinski definition) is 2. The number of benzene rings is 1. The van der Waals surface area contributed by atoms with Gasteiger partial charge in [-0.05, 0) is 38.3 Å². The highest BCUT2D eigenvalue weighted by Gasteiger charge is 2.26. The molecule has 1 fully saturated rings. The molecular weight excluding hydrogens is 483 g/mol. The smallest absolute Gasteiger partial charge is 0.222 e. The summed E-state index contributed by atoms with van der Waals surface area (Å²) in [5.41, 5.74) is 0. The van der Waals surface area contributed by atoms with Crippen LogP contribution in [0, 0.1) is 0 Å². The highest BCUT2D eigenvalue weighted by atomic mass is 127. The Bertz CT molecular complexity index is 657. The van der Waals surface area contributed by atoms with Gasteiger partial charge in [-0.3, -0.25) is 9.79 Å². The second kappa shape index (κ2) is 13.5. The lowest BCUT2D eigenvalue weighted by Gasteiger charge is -2.27. The third-order valence-electron chi connectivity index (χ3n) is 4.97. The summed E-state index contributed by atoms with van der Waals surface area (Å²) in [6, 6.07) is 7.92. The van der Waals surface area contributed by atoms with Crippen molar-refractivity contribution < 1.29 is 14.3 Å². The number of hydrogen-bond acceptors (Lipinski definition) is 4. The van der Waals surface area contributed by atoms with Crippen molar-refractivity contribution in [3.63, 3.8) is 0 Å². The monoisotopic (exact) mass is 518 g/mol. The van der Waals surface area contributed by atoms with Gasteiger partial charge in [-0.2, -0.15) is 0 Å². The number of carbonyl (C=O) groups is 1. The summed E-state index contributed by atoms with van der Waals surface area (Å²) in [5, 5.41) is 6.62. The molecule has 1 heterocycles. The van der Waals surface area contributed by atoms with Crippen LogP contribution < -0.4 is 20.1 Å². The zero-order valence-corrected chi connectivity index (χ0v) is 20.3.